The second kappa shape index (κ2) is 7.26. The highest BCUT2D eigenvalue weighted by Crippen LogP contribution is 2.32. The van der Waals surface area contributed by atoms with E-state index in [2.05, 4.69) is 5.32 Å². The zero-order valence-electron chi connectivity index (χ0n) is 11.8. The van der Waals surface area contributed by atoms with Gasteiger partial charge in [-0.3, -0.25) is 0 Å². The number of hydrogen-bond donors (Lipinski definition) is 1. The Hall–Kier alpha value is -1.09. The van der Waals surface area contributed by atoms with Crippen molar-refractivity contribution in [1.82, 2.24) is 0 Å². The van der Waals surface area contributed by atoms with Crippen LogP contribution in [-0.2, 0) is 0 Å². The Morgan fingerprint density at radius 2 is 1.76 bits per heavy atom. The molecule has 0 aliphatic carbocycles. The van der Waals surface area contributed by atoms with Gasteiger partial charge in [0, 0.05) is 0 Å². The third kappa shape index (κ3) is 4.70. The summed E-state index contributed by atoms with van der Waals surface area (Å²) in [6.45, 7) is 4.62. The molecule has 1 atom stereocenters. The average molecular weight is 345 g/mol. The molecule has 0 aliphatic heterocycles. The van der Waals surface area contributed by atoms with Gasteiger partial charge in [-0.05, 0) is 43.7 Å². The van der Waals surface area contributed by atoms with Crippen molar-refractivity contribution in [2.24, 2.45) is 0 Å². The third-order valence-electron chi connectivity index (χ3n) is 2.92. The molecule has 0 fully saturated rings. The molecule has 2 rings (SSSR count). The predicted octanol–water partition coefficient (Wildman–Crippen LogP) is 5.83. The van der Waals surface area contributed by atoms with E-state index in [1.54, 1.807) is 12.1 Å². The molecule has 0 aromatic heterocycles. The lowest BCUT2D eigenvalue weighted by Crippen LogP contribution is -2.22. The molecule has 21 heavy (non-hydrogen) atoms. The smallest absolute Gasteiger partial charge is 0.120 e. The van der Waals surface area contributed by atoms with Crippen LogP contribution in [0.2, 0.25) is 15.1 Å². The monoisotopic (exact) mass is 343 g/mol. The summed E-state index contributed by atoms with van der Waals surface area (Å²) in [5.74, 6) is 0.851. The lowest BCUT2D eigenvalue weighted by molar-refractivity contribution is 0.234. The molecule has 2 aromatic carbocycles. The van der Waals surface area contributed by atoms with E-state index in [0.29, 0.717) is 21.6 Å². The van der Waals surface area contributed by atoms with Crippen LogP contribution >= 0.6 is 34.8 Å². The molecule has 0 spiro atoms. The zero-order valence-corrected chi connectivity index (χ0v) is 14.1. The van der Waals surface area contributed by atoms with E-state index in [1.807, 2.05) is 38.1 Å². The van der Waals surface area contributed by atoms with Gasteiger partial charge < -0.3 is 10.1 Å². The van der Waals surface area contributed by atoms with E-state index in [-0.39, 0.29) is 6.10 Å². The third-order valence-corrected chi connectivity index (χ3v) is 3.95. The minimum atomic E-state index is -0.0164. The van der Waals surface area contributed by atoms with E-state index >= 15 is 0 Å². The van der Waals surface area contributed by atoms with Crippen LogP contribution in [0, 0.1) is 6.92 Å². The number of rotatable bonds is 5. The van der Waals surface area contributed by atoms with Crippen LogP contribution in [0.15, 0.2) is 36.4 Å². The van der Waals surface area contributed by atoms with Crippen molar-refractivity contribution in [1.29, 1.82) is 0 Å². The van der Waals surface area contributed by atoms with Crippen LogP contribution in [0.1, 0.15) is 12.5 Å². The van der Waals surface area contributed by atoms with Gasteiger partial charge in [-0.1, -0.05) is 46.9 Å². The van der Waals surface area contributed by atoms with Gasteiger partial charge in [0.15, 0.2) is 0 Å². The quantitative estimate of drug-likeness (QED) is 0.688. The topological polar surface area (TPSA) is 21.3 Å². The highest BCUT2D eigenvalue weighted by molar-refractivity contribution is 6.44. The molecular weight excluding hydrogens is 329 g/mol. The SMILES string of the molecule is Cc1cccc(OC(C)CNc2cc(Cl)c(Cl)cc2Cl)c1. The minimum Gasteiger partial charge on any atom is -0.489 e. The largest absolute Gasteiger partial charge is 0.489 e. The van der Waals surface area contributed by atoms with Gasteiger partial charge in [0.2, 0.25) is 0 Å². The molecule has 2 nitrogen and oxygen atoms in total. The number of halogens is 3. The molecule has 1 N–H and O–H groups in total. The highest BCUT2D eigenvalue weighted by atomic mass is 35.5. The van der Waals surface area contributed by atoms with Crippen molar-refractivity contribution in [2.45, 2.75) is 20.0 Å². The van der Waals surface area contributed by atoms with Gasteiger partial charge >= 0.3 is 0 Å². The Morgan fingerprint density at radius 1 is 1.05 bits per heavy atom. The molecule has 2 aromatic rings. The normalized spacial score (nSPS) is 12.0. The summed E-state index contributed by atoms with van der Waals surface area (Å²) < 4.78 is 5.85. The first-order valence-electron chi connectivity index (χ1n) is 6.57. The molecule has 0 radical (unpaired) electrons. The second-order valence-corrected chi connectivity index (χ2v) is 6.09. The molecule has 1 unspecified atom stereocenters. The van der Waals surface area contributed by atoms with Crippen LogP contribution in [-0.4, -0.2) is 12.6 Å². The summed E-state index contributed by atoms with van der Waals surface area (Å²) >= 11 is 18.0. The molecule has 112 valence electrons. The number of benzene rings is 2. The average Bonchev–Trinajstić information content (AvgIpc) is 2.41. The number of anilines is 1. The lowest BCUT2D eigenvalue weighted by atomic mass is 10.2. The Labute approximate surface area is 140 Å². The fourth-order valence-electron chi connectivity index (χ4n) is 1.87. The maximum atomic E-state index is 6.12. The Morgan fingerprint density at radius 3 is 2.48 bits per heavy atom. The first-order chi connectivity index (χ1) is 9.95. The lowest BCUT2D eigenvalue weighted by Gasteiger charge is -2.17. The van der Waals surface area contributed by atoms with E-state index in [1.165, 1.54) is 5.56 Å². The highest BCUT2D eigenvalue weighted by Gasteiger charge is 2.08. The minimum absolute atomic E-state index is 0.0164. The van der Waals surface area contributed by atoms with Crippen molar-refractivity contribution >= 4 is 40.5 Å². The molecule has 0 saturated carbocycles. The van der Waals surface area contributed by atoms with Crippen LogP contribution in [0.4, 0.5) is 5.69 Å². The van der Waals surface area contributed by atoms with E-state index in [4.69, 9.17) is 39.5 Å². The van der Waals surface area contributed by atoms with Gasteiger partial charge in [0.05, 0.1) is 27.3 Å². The van der Waals surface area contributed by atoms with Crippen molar-refractivity contribution < 1.29 is 4.74 Å². The second-order valence-electron chi connectivity index (χ2n) is 4.87. The Bertz CT molecular complexity index is 631. The fourth-order valence-corrected chi connectivity index (χ4v) is 2.49. The molecule has 0 aliphatic rings. The van der Waals surface area contributed by atoms with Crippen LogP contribution < -0.4 is 10.1 Å². The van der Waals surface area contributed by atoms with Crippen LogP contribution in [0.25, 0.3) is 0 Å². The number of hydrogen-bond acceptors (Lipinski definition) is 2. The van der Waals surface area contributed by atoms with E-state index in [0.717, 1.165) is 11.4 Å². The zero-order chi connectivity index (χ0) is 15.4. The Kier molecular flexibility index (Phi) is 5.63. The summed E-state index contributed by atoms with van der Waals surface area (Å²) in [6, 6.07) is 11.3. The maximum Gasteiger partial charge on any atom is 0.120 e. The number of ether oxygens (including phenoxy) is 1. The molecule has 0 amide bonds. The number of aryl methyl sites for hydroxylation is 1. The molecular formula is C16H16Cl3NO. The maximum absolute atomic E-state index is 6.12. The van der Waals surface area contributed by atoms with Gasteiger partial charge in [0.25, 0.3) is 0 Å². The summed E-state index contributed by atoms with van der Waals surface area (Å²) in [5.41, 5.74) is 1.91. The van der Waals surface area contributed by atoms with Gasteiger partial charge in [-0.15, -0.1) is 0 Å². The van der Waals surface area contributed by atoms with Gasteiger partial charge in [0.1, 0.15) is 11.9 Å². The van der Waals surface area contributed by atoms with E-state index < -0.39 is 0 Å². The van der Waals surface area contributed by atoms with Crippen LogP contribution in [0.5, 0.6) is 5.75 Å². The van der Waals surface area contributed by atoms with Gasteiger partial charge in [-0.2, -0.15) is 0 Å². The Balaban J connectivity index is 1.95. The summed E-state index contributed by atoms with van der Waals surface area (Å²) in [7, 11) is 0. The number of nitrogens with one attached hydrogen (secondary N) is 1. The van der Waals surface area contributed by atoms with Crippen LogP contribution in [0.3, 0.4) is 0 Å². The van der Waals surface area contributed by atoms with Crippen molar-refractivity contribution in [2.75, 3.05) is 11.9 Å². The first kappa shape index (κ1) is 16.3. The van der Waals surface area contributed by atoms with Gasteiger partial charge in [-0.25, -0.2) is 0 Å². The summed E-state index contributed by atoms with van der Waals surface area (Å²) in [5, 5.41) is 4.66. The fraction of sp³-hybridized carbons (Fsp3) is 0.250. The molecule has 0 bridgehead atoms. The molecule has 0 saturated heterocycles. The molecule has 5 heteroatoms. The summed E-state index contributed by atoms with van der Waals surface area (Å²) in [4.78, 5) is 0. The van der Waals surface area contributed by atoms with Crippen molar-refractivity contribution in [3.05, 3.63) is 57.0 Å². The van der Waals surface area contributed by atoms with E-state index in [9.17, 15) is 0 Å². The molecule has 0 heterocycles. The summed E-state index contributed by atoms with van der Waals surface area (Å²) in [6.07, 6.45) is -0.0164. The first-order valence-corrected chi connectivity index (χ1v) is 7.71. The predicted molar refractivity (Wildman–Crippen MR) is 91.2 cm³/mol. The van der Waals surface area contributed by atoms with Crippen molar-refractivity contribution in [3.8, 4) is 5.75 Å². The standard InChI is InChI=1S/C16H16Cl3NO/c1-10-4-3-5-12(6-10)21-11(2)9-20-16-8-14(18)13(17)7-15(16)19/h3-8,11,20H,9H2,1-2H3. The van der Waals surface area contributed by atoms with Crippen molar-refractivity contribution in [3.63, 3.8) is 0 Å².